The Hall–Kier alpha value is -3.02. The largest absolute Gasteiger partial charge is 0.456 e. The number of hydrogen-bond donors (Lipinski definition) is 4. The lowest BCUT2D eigenvalue weighted by atomic mass is 9.90. The quantitative estimate of drug-likeness (QED) is 0.383. The van der Waals surface area contributed by atoms with Gasteiger partial charge in [0, 0.05) is 11.6 Å². The summed E-state index contributed by atoms with van der Waals surface area (Å²) in [6.07, 6.45) is 2.81. The van der Waals surface area contributed by atoms with E-state index in [0.717, 1.165) is 30.4 Å². The molecule has 1 unspecified atom stereocenters. The zero-order valence-electron chi connectivity index (χ0n) is 19.9. The maximum absolute atomic E-state index is 11.4. The van der Waals surface area contributed by atoms with Gasteiger partial charge in [0.25, 0.3) is 6.01 Å². The number of aliphatic hydroxyl groups is 2. The van der Waals surface area contributed by atoms with E-state index in [1.54, 1.807) is 6.07 Å². The molecule has 4 heterocycles. The minimum atomic E-state index is -0.644. The molecule has 1 aromatic carbocycles. The Morgan fingerprint density at radius 2 is 1.95 bits per heavy atom. The third kappa shape index (κ3) is 4.83. The highest BCUT2D eigenvalue weighted by molar-refractivity contribution is 6.33. The Morgan fingerprint density at radius 3 is 2.70 bits per heavy atom. The topological polar surface area (TPSA) is 139 Å². The summed E-state index contributed by atoms with van der Waals surface area (Å²) >= 11 is 6.58. The molecule has 4 N–H and O–H groups in total. The highest BCUT2D eigenvalue weighted by Crippen LogP contribution is 2.33. The minimum Gasteiger partial charge on any atom is -0.456 e. The number of H-pyrrole nitrogens is 1. The number of imidazole rings is 1. The summed E-state index contributed by atoms with van der Waals surface area (Å²) in [6.45, 7) is 0.0543. The van der Waals surface area contributed by atoms with Crippen molar-refractivity contribution in [1.29, 1.82) is 0 Å². The number of nitrogens with zero attached hydrogens (tertiary/aromatic N) is 2. The van der Waals surface area contributed by atoms with Gasteiger partial charge in [-0.2, -0.15) is 4.98 Å². The number of ether oxygens (including phenoxy) is 3. The fourth-order valence-corrected chi connectivity index (χ4v) is 5.45. The van der Waals surface area contributed by atoms with Gasteiger partial charge in [-0.25, -0.2) is 4.98 Å². The van der Waals surface area contributed by atoms with E-state index in [1.165, 1.54) is 5.57 Å². The monoisotopic (exact) mass is 526 g/mol. The second kappa shape index (κ2) is 10.0. The molecule has 1 amide bonds. The van der Waals surface area contributed by atoms with Crippen LogP contribution in [0.2, 0.25) is 5.02 Å². The Kier molecular flexibility index (Phi) is 6.60. The second-order valence-electron chi connectivity index (χ2n) is 9.56. The Balaban J connectivity index is 1.16. The summed E-state index contributed by atoms with van der Waals surface area (Å²) in [5.41, 5.74) is 4.95. The van der Waals surface area contributed by atoms with Gasteiger partial charge in [-0.1, -0.05) is 41.9 Å². The lowest BCUT2D eigenvalue weighted by Crippen LogP contribution is -2.37. The molecule has 0 radical (unpaired) electrons. The zero-order valence-corrected chi connectivity index (χ0v) is 20.6. The fraction of sp³-hybridized carbons (Fsp3) is 0.423. The number of fused-ring (bicyclic) bond motifs is 2. The minimum absolute atomic E-state index is 0.0556. The zero-order chi connectivity index (χ0) is 25.5. The first-order chi connectivity index (χ1) is 18.0. The van der Waals surface area contributed by atoms with Crippen molar-refractivity contribution < 1.29 is 29.2 Å². The lowest BCUT2D eigenvalue weighted by Gasteiger charge is -2.23. The van der Waals surface area contributed by atoms with Gasteiger partial charge in [0.1, 0.15) is 24.9 Å². The Labute approximate surface area is 217 Å². The first-order valence-electron chi connectivity index (χ1n) is 12.3. The first-order valence-corrected chi connectivity index (χ1v) is 12.7. The van der Waals surface area contributed by atoms with E-state index in [-0.39, 0.29) is 36.9 Å². The molecule has 10 nitrogen and oxygen atoms in total. The van der Waals surface area contributed by atoms with Crippen molar-refractivity contribution in [1.82, 2.24) is 20.3 Å². The number of rotatable bonds is 6. The van der Waals surface area contributed by atoms with Gasteiger partial charge in [-0.05, 0) is 36.5 Å². The predicted octanol–water partition coefficient (Wildman–Crippen LogP) is 2.23. The van der Waals surface area contributed by atoms with Crippen LogP contribution in [-0.4, -0.2) is 81.4 Å². The summed E-state index contributed by atoms with van der Waals surface area (Å²) in [5.74, 6) is -0.341. The molecule has 2 aromatic heterocycles. The van der Waals surface area contributed by atoms with Gasteiger partial charge >= 0.3 is 0 Å². The predicted molar refractivity (Wildman–Crippen MR) is 135 cm³/mol. The first kappa shape index (κ1) is 24.3. The Morgan fingerprint density at radius 1 is 1.16 bits per heavy atom. The number of pyridine rings is 1. The molecule has 2 saturated heterocycles. The Bertz CT molecular complexity index is 1340. The fourth-order valence-electron chi connectivity index (χ4n) is 5.19. The van der Waals surface area contributed by atoms with Gasteiger partial charge in [0.05, 0.1) is 29.4 Å². The van der Waals surface area contributed by atoms with E-state index in [1.807, 2.05) is 24.3 Å². The molecule has 5 atom stereocenters. The van der Waals surface area contributed by atoms with Crippen molar-refractivity contribution in [2.24, 2.45) is 0 Å². The number of benzene rings is 1. The molecule has 2 fully saturated rings. The third-order valence-electron chi connectivity index (χ3n) is 7.10. The molecule has 37 heavy (non-hydrogen) atoms. The van der Waals surface area contributed by atoms with Crippen LogP contribution < -0.4 is 10.1 Å². The van der Waals surface area contributed by atoms with Crippen LogP contribution in [0.25, 0.3) is 28.0 Å². The molecule has 194 valence electrons. The number of carbonyl (C=O) groups is 1. The van der Waals surface area contributed by atoms with Crippen molar-refractivity contribution in [2.45, 2.75) is 49.7 Å². The van der Waals surface area contributed by atoms with Gasteiger partial charge < -0.3 is 34.7 Å². The van der Waals surface area contributed by atoms with E-state index < -0.39 is 12.7 Å². The summed E-state index contributed by atoms with van der Waals surface area (Å²) in [5, 5.41) is 22.2. The van der Waals surface area contributed by atoms with E-state index in [0.29, 0.717) is 34.5 Å². The lowest BCUT2D eigenvalue weighted by molar-refractivity contribution is -0.124. The average molecular weight is 527 g/mol. The average Bonchev–Trinajstić information content (AvgIpc) is 3.60. The van der Waals surface area contributed by atoms with Crippen LogP contribution in [0.3, 0.4) is 0 Å². The molecule has 0 bridgehead atoms. The van der Waals surface area contributed by atoms with Gasteiger partial charge in [-0.3, -0.25) is 4.79 Å². The van der Waals surface area contributed by atoms with Crippen molar-refractivity contribution in [3.8, 4) is 17.3 Å². The van der Waals surface area contributed by atoms with E-state index in [4.69, 9.17) is 30.9 Å². The number of halogens is 1. The molecular formula is C26H27ClN4O6. The summed E-state index contributed by atoms with van der Waals surface area (Å²) in [6, 6.07) is 10.2. The number of amides is 1. The SMILES string of the molecule is O=C(CO)NC1CC=C(c2ccc(-c3nc4nc(O[C@@H]5CO[C@H]6[C@@H]5OC[C@H]6O)[nH]c4cc3Cl)cc2)CC1. The van der Waals surface area contributed by atoms with Crippen LogP contribution in [0.15, 0.2) is 36.4 Å². The van der Waals surface area contributed by atoms with Gasteiger partial charge in [-0.15, -0.1) is 0 Å². The highest BCUT2D eigenvalue weighted by Gasteiger charge is 2.48. The third-order valence-corrected chi connectivity index (χ3v) is 7.39. The van der Waals surface area contributed by atoms with Crippen LogP contribution in [0.5, 0.6) is 6.01 Å². The molecule has 0 saturated carbocycles. The van der Waals surface area contributed by atoms with Gasteiger partial charge in [0.2, 0.25) is 5.91 Å². The molecule has 11 heteroatoms. The number of nitrogens with one attached hydrogen (secondary N) is 2. The number of aromatic amines is 1. The molecule has 2 aliphatic heterocycles. The number of aliphatic hydroxyl groups excluding tert-OH is 2. The van der Waals surface area contributed by atoms with Crippen LogP contribution >= 0.6 is 11.6 Å². The molecule has 6 rings (SSSR count). The maximum atomic E-state index is 11.4. The van der Waals surface area contributed by atoms with E-state index in [9.17, 15) is 9.90 Å². The molecule has 1 aliphatic carbocycles. The van der Waals surface area contributed by atoms with Crippen LogP contribution in [-0.2, 0) is 14.3 Å². The van der Waals surface area contributed by atoms with Crippen molar-refractivity contribution in [3.63, 3.8) is 0 Å². The maximum Gasteiger partial charge on any atom is 0.296 e. The normalized spacial score (nSPS) is 27.2. The summed E-state index contributed by atoms with van der Waals surface area (Å²) in [7, 11) is 0. The molecule has 3 aliphatic rings. The highest BCUT2D eigenvalue weighted by atomic mass is 35.5. The molecule has 3 aromatic rings. The van der Waals surface area contributed by atoms with Crippen LogP contribution in [0.4, 0.5) is 0 Å². The number of hydrogen-bond acceptors (Lipinski definition) is 8. The number of allylic oxidation sites excluding steroid dienone is 1. The summed E-state index contributed by atoms with van der Waals surface area (Å²) in [4.78, 5) is 23.7. The van der Waals surface area contributed by atoms with Gasteiger partial charge in [0.15, 0.2) is 11.8 Å². The number of aromatic nitrogens is 3. The number of carbonyl (C=O) groups excluding carboxylic acids is 1. The van der Waals surface area contributed by atoms with Crippen molar-refractivity contribution in [3.05, 3.63) is 47.0 Å². The second-order valence-corrected chi connectivity index (χ2v) is 9.96. The van der Waals surface area contributed by atoms with Crippen LogP contribution in [0.1, 0.15) is 24.8 Å². The van der Waals surface area contributed by atoms with Crippen molar-refractivity contribution in [2.75, 3.05) is 19.8 Å². The molecule has 0 spiro atoms. The molecular weight excluding hydrogens is 500 g/mol. The van der Waals surface area contributed by atoms with E-state index >= 15 is 0 Å². The smallest absolute Gasteiger partial charge is 0.296 e. The van der Waals surface area contributed by atoms with Crippen LogP contribution in [0, 0.1) is 0 Å². The summed E-state index contributed by atoms with van der Waals surface area (Å²) < 4.78 is 17.2. The standard InChI is InChI=1S/C26H27ClN4O6/c27-17-9-18-25(31-26(29-18)37-20-12-36-23-19(33)11-35-24(20)23)30-22(17)15-3-1-13(2-4-15)14-5-7-16(8-6-14)28-21(34)10-32/h1-5,9,16,19-20,23-24,32-33H,6-8,10-12H2,(H,28,34)(H,29,30,31)/t16?,19-,20-,23-,24-/m1/s1. The van der Waals surface area contributed by atoms with E-state index in [2.05, 4.69) is 26.3 Å². The van der Waals surface area contributed by atoms with Crippen molar-refractivity contribution >= 4 is 34.2 Å².